The lowest BCUT2D eigenvalue weighted by atomic mass is 10.2. The van der Waals surface area contributed by atoms with Crippen molar-refractivity contribution in [2.24, 2.45) is 0 Å². The summed E-state index contributed by atoms with van der Waals surface area (Å²) in [5.41, 5.74) is 1.02. The molecule has 0 aliphatic carbocycles. The van der Waals surface area contributed by atoms with Crippen LogP contribution in [0.15, 0.2) is 36.7 Å². The van der Waals surface area contributed by atoms with Gasteiger partial charge in [0.15, 0.2) is 11.6 Å². The normalized spacial score (nSPS) is 9.75. The third kappa shape index (κ3) is 3.77. The van der Waals surface area contributed by atoms with E-state index in [2.05, 4.69) is 16.8 Å². The number of halogens is 2. The van der Waals surface area contributed by atoms with Crippen LogP contribution in [-0.2, 0) is 6.61 Å². The number of aromatic nitrogens is 1. The molecule has 0 saturated heterocycles. The first-order chi connectivity index (χ1) is 9.69. The molecule has 1 N–H and O–H groups in total. The molecule has 3 nitrogen and oxygen atoms in total. The summed E-state index contributed by atoms with van der Waals surface area (Å²) in [7, 11) is 0. The van der Waals surface area contributed by atoms with Crippen LogP contribution in [0.2, 0.25) is 0 Å². The van der Waals surface area contributed by atoms with Crippen molar-refractivity contribution in [3.63, 3.8) is 0 Å². The predicted octanol–water partition coefficient (Wildman–Crippen LogP) is 2.28. The molecule has 1 aromatic heterocycles. The number of nitrogens with zero attached hydrogens (tertiary/aromatic N) is 1. The van der Waals surface area contributed by atoms with Gasteiger partial charge < -0.3 is 9.84 Å². The Morgan fingerprint density at radius 2 is 2.05 bits per heavy atom. The molecule has 0 saturated carbocycles. The molecule has 2 aromatic rings. The third-order valence-electron chi connectivity index (χ3n) is 2.40. The molecule has 1 heterocycles. The lowest BCUT2D eigenvalue weighted by molar-refractivity contribution is 0.289. The Morgan fingerprint density at radius 1 is 1.20 bits per heavy atom. The minimum absolute atomic E-state index is 0.00143. The van der Waals surface area contributed by atoms with Crippen LogP contribution in [0.1, 0.15) is 11.1 Å². The Kier molecular flexibility index (Phi) is 4.64. The minimum atomic E-state index is -0.538. The zero-order valence-corrected chi connectivity index (χ0v) is 10.4. The maximum atomic E-state index is 13.6. The Hall–Kier alpha value is -2.45. The molecule has 0 unspecified atom stereocenters. The molecule has 0 aliphatic heterocycles. The summed E-state index contributed by atoms with van der Waals surface area (Å²) in [6, 6.07) is 5.39. The van der Waals surface area contributed by atoms with Gasteiger partial charge in [0.2, 0.25) is 0 Å². The zero-order valence-electron chi connectivity index (χ0n) is 10.4. The Bertz CT molecular complexity index is 662. The first-order valence-electron chi connectivity index (χ1n) is 5.80. The van der Waals surface area contributed by atoms with E-state index in [4.69, 9.17) is 9.84 Å². The van der Waals surface area contributed by atoms with Gasteiger partial charge in [0, 0.05) is 17.3 Å². The van der Waals surface area contributed by atoms with Crippen molar-refractivity contribution in [3.05, 3.63) is 59.4 Å². The molecule has 20 heavy (non-hydrogen) atoms. The molecule has 5 heteroatoms. The Balaban J connectivity index is 2.12. The summed E-state index contributed by atoms with van der Waals surface area (Å²) in [6.07, 6.45) is 2.52. The van der Waals surface area contributed by atoms with E-state index in [-0.39, 0.29) is 19.0 Å². The summed E-state index contributed by atoms with van der Waals surface area (Å²) in [4.78, 5) is 3.68. The largest absolute Gasteiger partial charge is 0.486 e. The van der Waals surface area contributed by atoms with Gasteiger partial charge in [0.05, 0.1) is 6.20 Å². The van der Waals surface area contributed by atoms with Crippen LogP contribution in [0.5, 0.6) is 5.75 Å². The second kappa shape index (κ2) is 6.64. The van der Waals surface area contributed by atoms with Gasteiger partial charge in [-0.05, 0) is 24.3 Å². The molecule has 2 rings (SSSR count). The highest BCUT2D eigenvalue weighted by Gasteiger charge is 2.05. The van der Waals surface area contributed by atoms with Gasteiger partial charge in [0.25, 0.3) is 0 Å². The van der Waals surface area contributed by atoms with Crippen LogP contribution in [0.4, 0.5) is 8.78 Å². The third-order valence-corrected chi connectivity index (χ3v) is 2.40. The monoisotopic (exact) mass is 275 g/mol. The van der Waals surface area contributed by atoms with Crippen molar-refractivity contribution < 1.29 is 18.6 Å². The highest BCUT2D eigenvalue weighted by atomic mass is 19.1. The lowest BCUT2D eigenvalue weighted by Gasteiger charge is -2.07. The van der Waals surface area contributed by atoms with Crippen LogP contribution in [0, 0.1) is 23.5 Å². The molecule has 0 atom stereocenters. The molecule has 102 valence electrons. The van der Waals surface area contributed by atoms with Gasteiger partial charge >= 0.3 is 0 Å². The molecule has 0 spiro atoms. The van der Waals surface area contributed by atoms with Crippen molar-refractivity contribution >= 4 is 0 Å². The highest BCUT2D eigenvalue weighted by molar-refractivity contribution is 5.40. The average Bonchev–Trinajstić information content (AvgIpc) is 2.45. The van der Waals surface area contributed by atoms with Gasteiger partial charge in [-0.15, -0.1) is 0 Å². The number of ether oxygens (including phenoxy) is 1. The van der Waals surface area contributed by atoms with E-state index in [1.807, 2.05) is 0 Å². The molecule has 1 aromatic carbocycles. The molecule has 0 bridgehead atoms. The number of aliphatic hydroxyl groups is 1. The first kappa shape index (κ1) is 14.0. The lowest BCUT2D eigenvalue weighted by Crippen LogP contribution is -1.99. The van der Waals surface area contributed by atoms with Crippen molar-refractivity contribution in [2.45, 2.75) is 6.61 Å². The van der Waals surface area contributed by atoms with E-state index in [1.165, 1.54) is 30.5 Å². The van der Waals surface area contributed by atoms with Crippen molar-refractivity contribution in [3.8, 4) is 17.6 Å². The van der Waals surface area contributed by atoms with Crippen LogP contribution >= 0.6 is 0 Å². The summed E-state index contributed by atoms with van der Waals surface area (Å²) in [6.45, 7) is -0.277. The SMILES string of the molecule is OCC#Cc1ccc(F)c(OCc2cncc(F)c2)c1. The second-order valence-corrected chi connectivity index (χ2v) is 3.91. The molecule has 0 amide bonds. The maximum absolute atomic E-state index is 13.6. The van der Waals surface area contributed by atoms with Crippen LogP contribution in [0.25, 0.3) is 0 Å². The van der Waals surface area contributed by atoms with Gasteiger partial charge in [-0.25, -0.2) is 8.78 Å². The number of benzene rings is 1. The summed E-state index contributed by atoms with van der Waals surface area (Å²) >= 11 is 0. The van der Waals surface area contributed by atoms with E-state index >= 15 is 0 Å². The fourth-order valence-corrected chi connectivity index (χ4v) is 1.53. The molecule has 0 fully saturated rings. The smallest absolute Gasteiger partial charge is 0.165 e. The Morgan fingerprint density at radius 3 is 2.80 bits per heavy atom. The minimum Gasteiger partial charge on any atom is -0.486 e. The molecular formula is C15H11F2NO2. The van der Waals surface area contributed by atoms with Crippen LogP contribution in [-0.4, -0.2) is 16.7 Å². The fourth-order valence-electron chi connectivity index (χ4n) is 1.53. The van der Waals surface area contributed by atoms with E-state index < -0.39 is 11.6 Å². The predicted molar refractivity (Wildman–Crippen MR) is 68.9 cm³/mol. The molecule has 0 radical (unpaired) electrons. The standard InChI is InChI=1S/C15H11F2NO2/c16-13-6-12(8-18-9-13)10-20-15-7-11(2-1-5-19)3-4-14(15)17/h3-4,6-9,19H,5,10H2. The van der Waals surface area contributed by atoms with E-state index in [1.54, 1.807) is 0 Å². The van der Waals surface area contributed by atoms with Crippen LogP contribution in [0.3, 0.4) is 0 Å². The van der Waals surface area contributed by atoms with Gasteiger partial charge in [-0.1, -0.05) is 11.8 Å². The number of pyridine rings is 1. The second-order valence-electron chi connectivity index (χ2n) is 3.91. The highest BCUT2D eigenvalue weighted by Crippen LogP contribution is 2.19. The maximum Gasteiger partial charge on any atom is 0.165 e. The van der Waals surface area contributed by atoms with E-state index in [0.29, 0.717) is 11.1 Å². The van der Waals surface area contributed by atoms with Gasteiger partial charge in [-0.2, -0.15) is 0 Å². The first-order valence-corrected chi connectivity index (χ1v) is 5.80. The molecule has 0 aliphatic rings. The topological polar surface area (TPSA) is 42.4 Å². The average molecular weight is 275 g/mol. The Labute approximate surface area is 114 Å². The van der Waals surface area contributed by atoms with Crippen LogP contribution < -0.4 is 4.74 Å². The summed E-state index contributed by atoms with van der Waals surface area (Å²) in [5, 5.41) is 8.61. The fraction of sp³-hybridized carbons (Fsp3) is 0.133. The van der Waals surface area contributed by atoms with E-state index in [9.17, 15) is 8.78 Å². The van der Waals surface area contributed by atoms with Crippen molar-refractivity contribution in [1.29, 1.82) is 0 Å². The summed E-state index contributed by atoms with van der Waals surface area (Å²) < 4.78 is 31.8. The number of rotatable bonds is 3. The van der Waals surface area contributed by atoms with Gasteiger partial charge in [0.1, 0.15) is 19.0 Å². The number of aliphatic hydroxyl groups excluding tert-OH is 1. The van der Waals surface area contributed by atoms with Crippen molar-refractivity contribution in [2.75, 3.05) is 6.61 Å². The molecular weight excluding hydrogens is 264 g/mol. The number of hydrogen-bond acceptors (Lipinski definition) is 3. The zero-order chi connectivity index (χ0) is 14.4. The number of hydrogen-bond donors (Lipinski definition) is 1. The summed E-state index contributed by atoms with van der Waals surface area (Å²) in [5.74, 6) is 4.11. The van der Waals surface area contributed by atoms with Gasteiger partial charge in [-0.3, -0.25) is 4.98 Å². The van der Waals surface area contributed by atoms with E-state index in [0.717, 1.165) is 6.20 Å². The van der Waals surface area contributed by atoms with Crippen molar-refractivity contribution in [1.82, 2.24) is 4.98 Å². The quantitative estimate of drug-likeness (QED) is 0.874.